The summed E-state index contributed by atoms with van der Waals surface area (Å²) in [6.45, 7) is 6.04. The van der Waals surface area contributed by atoms with Crippen molar-refractivity contribution >= 4 is 16.9 Å². The van der Waals surface area contributed by atoms with E-state index in [-0.39, 0.29) is 17.5 Å². The molecule has 0 bridgehead atoms. The molecule has 5 heteroatoms. The Morgan fingerprint density at radius 3 is 2.58 bits per heavy atom. The van der Waals surface area contributed by atoms with Crippen molar-refractivity contribution in [1.29, 1.82) is 0 Å². The van der Waals surface area contributed by atoms with Crippen LogP contribution in [0.1, 0.15) is 60.8 Å². The van der Waals surface area contributed by atoms with Crippen LogP contribution in [0.3, 0.4) is 0 Å². The van der Waals surface area contributed by atoms with Gasteiger partial charge >= 0.3 is 0 Å². The largest absolute Gasteiger partial charge is 0.342 e. The number of nitrogens with zero attached hydrogens (tertiary/aromatic N) is 3. The Hall–Kier alpha value is -2.69. The van der Waals surface area contributed by atoms with Crippen LogP contribution in [0.5, 0.6) is 0 Å². The van der Waals surface area contributed by atoms with Crippen molar-refractivity contribution in [2.45, 2.75) is 51.6 Å². The summed E-state index contributed by atoms with van der Waals surface area (Å²) in [5, 5.41) is 8.60. The van der Waals surface area contributed by atoms with Crippen molar-refractivity contribution in [2.75, 3.05) is 0 Å². The zero-order chi connectivity index (χ0) is 18.3. The second kappa shape index (κ2) is 6.24. The third kappa shape index (κ3) is 2.68. The number of hydrogen-bond donors (Lipinski definition) is 1. The number of pyridine rings is 1. The minimum atomic E-state index is -0.248. The first-order valence-electron chi connectivity index (χ1n) is 9.23. The lowest BCUT2D eigenvalue weighted by molar-refractivity contribution is 0.0822. The smallest absolute Gasteiger partial charge is 0.253 e. The number of carbonyl (C=O) groups excluding carboxylic acids is 1. The quantitative estimate of drug-likeness (QED) is 0.771. The number of hydrogen-bond acceptors (Lipinski definition) is 3. The number of fused-ring (bicyclic) bond motifs is 1. The van der Waals surface area contributed by atoms with Crippen LogP contribution < -0.4 is 5.32 Å². The molecule has 1 aromatic carbocycles. The summed E-state index contributed by atoms with van der Waals surface area (Å²) in [5.41, 5.74) is 3.12. The predicted octanol–water partition coefficient (Wildman–Crippen LogP) is 4.13. The van der Waals surface area contributed by atoms with E-state index in [1.165, 1.54) is 5.56 Å². The maximum absolute atomic E-state index is 13.1. The Labute approximate surface area is 153 Å². The number of benzene rings is 1. The highest BCUT2D eigenvalue weighted by Gasteiger charge is 2.40. The summed E-state index contributed by atoms with van der Waals surface area (Å²) in [5.74, 6) is -0.0576. The normalized spacial score (nSPS) is 15.8. The van der Waals surface area contributed by atoms with Crippen LogP contribution in [0, 0.1) is 6.92 Å². The lowest BCUT2D eigenvalue weighted by Gasteiger charge is -2.43. The Balaban J connectivity index is 1.67. The molecule has 1 aliphatic rings. The van der Waals surface area contributed by atoms with Gasteiger partial charge in [0.1, 0.15) is 0 Å². The van der Waals surface area contributed by atoms with Gasteiger partial charge in [0, 0.05) is 11.4 Å². The Bertz CT molecular complexity index is 955. The summed E-state index contributed by atoms with van der Waals surface area (Å²) in [7, 11) is 0. The Morgan fingerprint density at radius 2 is 1.96 bits per heavy atom. The molecule has 26 heavy (non-hydrogen) atoms. The van der Waals surface area contributed by atoms with Crippen LogP contribution in [0.15, 0.2) is 42.6 Å². The van der Waals surface area contributed by atoms with Crippen LogP contribution >= 0.6 is 0 Å². The molecule has 3 aromatic rings. The monoisotopic (exact) mass is 348 g/mol. The molecule has 1 aliphatic carbocycles. The lowest BCUT2D eigenvalue weighted by Crippen LogP contribution is -2.50. The Kier molecular flexibility index (Phi) is 4.02. The average Bonchev–Trinajstić information content (AvgIpc) is 3.01. The minimum Gasteiger partial charge on any atom is -0.342 e. The van der Waals surface area contributed by atoms with Crippen molar-refractivity contribution in [3.8, 4) is 0 Å². The van der Waals surface area contributed by atoms with Gasteiger partial charge in [-0.15, -0.1) is 0 Å². The van der Waals surface area contributed by atoms with Gasteiger partial charge in [-0.2, -0.15) is 5.10 Å². The fourth-order valence-electron chi connectivity index (χ4n) is 3.73. The van der Waals surface area contributed by atoms with Crippen molar-refractivity contribution < 1.29 is 4.79 Å². The van der Waals surface area contributed by atoms with E-state index in [0.717, 1.165) is 36.0 Å². The molecule has 1 amide bonds. The predicted molar refractivity (Wildman–Crippen MR) is 102 cm³/mol. The minimum absolute atomic E-state index is 0.0576. The van der Waals surface area contributed by atoms with E-state index in [4.69, 9.17) is 0 Å². The molecule has 2 heterocycles. The van der Waals surface area contributed by atoms with Crippen LogP contribution in [-0.4, -0.2) is 20.7 Å². The number of amides is 1. The van der Waals surface area contributed by atoms with E-state index in [0.29, 0.717) is 5.56 Å². The third-order valence-electron chi connectivity index (χ3n) is 5.38. The molecule has 1 N–H and O–H groups in total. The fourth-order valence-corrected chi connectivity index (χ4v) is 3.73. The van der Waals surface area contributed by atoms with E-state index < -0.39 is 0 Å². The molecule has 134 valence electrons. The zero-order valence-electron chi connectivity index (χ0n) is 15.5. The molecule has 1 fully saturated rings. The maximum Gasteiger partial charge on any atom is 0.253 e. The highest BCUT2D eigenvalue weighted by atomic mass is 16.1. The van der Waals surface area contributed by atoms with Crippen molar-refractivity contribution in [2.24, 2.45) is 0 Å². The molecule has 5 nitrogen and oxygen atoms in total. The lowest BCUT2D eigenvalue weighted by atomic mass is 9.71. The van der Waals surface area contributed by atoms with E-state index >= 15 is 0 Å². The van der Waals surface area contributed by atoms with Crippen LogP contribution in [0.25, 0.3) is 11.0 Å². The SMILES string of the molecule is Cc1nc2c(cnn2C(C)C)cc1C(=O)NC1(c2ccccc2)CCC1. The maximum atomic E-state index is 13.1. The highest BCUT2D eigenvalue weighted by Crippen LogP contribution is 2.41. The number of aromatic nitrogens is 3. The zero-order valence-corrected chi connectivity index (χ0v) is 15.5. The summed E-state index contributed by atoms with van der Waals surface area (Å²) >= 11 is 0. The molecular formula is C21H24N4O. The van der Waals surface area contributed by atoms with Gasteiger partial charge in [0.25, 0.3) is 5.91 Å². The highest BCUT2D eigenvalue weighted by molar-refractivity contribution is 5.98. The second-order valence-electron chi connectivity index (χ2n) is 7.47. The molecule has 0 aliphatic heterocycles. The first-order chi connectivity index (χ1) is 12.5. The van der Waals surface area contributed by atoms with Crippen LogP contribution in [0.2, 0.25) is 0 Å². The number of aryl methyl sites for hydroxylation is 1. The van der Waals surface area contributed by atoms with Gasteiger partial charge in [0.15, 0.2) is 5.65 Å². The van der Waals surface area contributed by atoms with Crippen molar-refractivity contribution in [1.82, 2.24) is 20.1 Å². The molecule has 0 spiro atoms. The summed E-state index contributed by atoms with van der Waals surface area (Å²) < 4.78 is 1.89. The van der Waals surface area contributed by atoms with Crippen LogP contribution in [-0.2, 0) is 5.54 Å². The van der Waals surface area contributed by atoms with Crippen molar-refractivity contribution in [3.63, 3.8) is 0 Å². The Morgan fingerprint density at radius 1 is 1.23 bits per heavy atom. The molecule has 0 saturated heterocycles. The van der Waals surface area contributed by atoms with Crippen molar-refractivity contribution in [3.05, 3.63) is 59.4 Å². The molecule has 2 aromatic heterocycles. The average molecular weight is 348 g/mol. The number of rotatable bonds is 4. The first kappa shape index (κ1) is 16.8. The fraction of sp³-hybridized carbons (Fsp3) is 0.381. The second-order valence-corrected chi connectivity index (χ2v) is 7.47. The third-order valence-corrected chi connectivity index (χ3v) is 5.38. The number of carbonyl (C=O) groups is 1. The van der Waals surface area contributed by atoms with E-state index in [9.17, 15) is 4.79 Å². The first-order valence-corrected chi connectivity index (χ1v) is 9.23. The summed E-state index contributed by atoms with van der Waals surface area (Å²) in [6.07, 6.45) is 4.87. The van der Waals surface area contributed by atoms with Gasteiger partial charge in [-0.25, -0.2) is 9.67 Å². The molecule has 0 radical (unpaired) electrons. The van der Waals surface area contributed by atoms with Gasteiger partial charge in [-0.3, -0.25) is 4.79 Å². The molecule has 0 atom stereocenters. The standard InChI is InChI=1S/C21H24N4O/c1-14(2)25-19-16(13-22-25)12-18(15(3)23-19)20(26)24-21(10-7-11-21)17-8-5-4-6-9-17/h4-6,8-9,12-14H,7,10-11H2,1-3H3,(H,24,26). The van der Waals surface area contributed by atoms with Crippen LogP contribution in [0.4, 0.5) is 0 Å². The molecule has 0 unspecified atom stereocenters. The van der Waals surface area contributed by atoms with E-state index in [1.54, 1.807) is 6.20 Å². The van der Waals surface area contributed by atoms with Gasteiger partial charge in [-0.05, 0) is 51.7 Å². The summed E-state index contributed by atoms with van der Waals surface area (Å²) in [4.78, 5) is 17.7. The number of nitrogens with one attached hydrogen (secondary N) is 1. The van der Waals surface area contributed by atoms with Gasteiger partial charge < -0.3 is 5.32 Å². The van der Waals surface area contributed by atoms with E-state index in [2.05, 4.69) is 41.4 Å². The summed E-state index contributed by atoms with van der Waals surface area (Å²) in [6, 6.07) is 12.4. The van der Waals surface area contributed by atoms with Gasteiger partial charge in [0.05, 0.1) is 23.0 Å². The topological polar surface area (TPSA) is 59.8 Å². The van der Waals surface area contributed by atoms with Gasteiger partial charge in [-0.1, -0.05) is 30.3 Å². The molecular weight excluding hydrogens is 324 g/mol. The molecule has 4 rings (SSSR count). The van der Waals surface area contributed by atoms with E-state index in [1.807, 2.05) is 35.9 Å². The van der Waals surface area contributed by atoms with Gasteiger partial charge in [0.2, 0.25) is 0 Å². The molecule has 1 saturated carbocycles.